The second-order valence-corrected chi connectivity index (χ2v) is 8.32. The fourth-order valence-corrected chi connectivity index (χ4v) is 5.67. The van der Waals surface area contributed by atoms with Crippen LogP contribution in [0.3, 0.4) is 0 Å². The second-order valence-electron chi connectivity index (χ2n) is 6.21. The molecule has 1 rings (SSSR count). The number of rotatable bonds is 12. The third-order valence-corrected chi connectivity index (χ3v) is 7.08. The summed E-state index contributed by atoms with van der Waals surface area (Å²) in [5.41, 5.74) is -1.42. The molecular formula is C18H32O8Si. The zero-order chi connectivity index (χ0) is 20.5. The Morgan fingerprint density at radius 2 is 1.48 bits per heavy atom. The van der Waals surface area contributed by atoms with Crippen molar-refractivity contribution in [3.05, 3.63) is 12.7 Å². The summed E-state index contributed by atoms with van der Waals surface area (Å²) in [7, 11) is -0.916. The number of carbonyl (C=O) groups is 2. The molecule has 0 aliphatic heterocycles. The van der Waals surface area contributed by atoms with Gasteiger partial charge in [-0.3, -0.25) is 9.59 Å². The molecule has 0 aromatic heterocycles. The van der Waals surface area contributed by atoms with Gasteiger partial charge in [0.25, 0.3) is 0 Å². The van der Waals surface area contributed by atoms with Crippen molar-refractivity contribution in [2.45, 2.75) is 46.1 Å². The molecule has 0 radical (unpaired) electrons. The molecule has 0 spiro atoms. The molecule has 0 bridgehead atoms. The van der Waals surface area contributed by atoms with Crippen molar-refractivity contribution in [3.8, 4) is 0 Å². The predicted molar refractivity (Wildman–Crippen MR) is 99.5 cm³/mol. The summed E-state index contributed by atoms with van der Waals surface area (Å²) in [4.78, 5) is 25.0. The van der Waals surface area contributed by atoms with E-state index in [0.29, 0.717) is 26.2 Å². The summed E-state index contributed by atoms with van der Waals surface area (Å²) in [6, 6.07) is 0. The van der Waals surface area contributed by atoms with Crippen molar-refractivity contribution in [1.82, 2.24) is 0 Å². The minimum Gasteiger partial charge on any atom is -0.468 e. The van der Waals surface area contributed by atoms with Gasteiger partial charge >= 0.3 is 21.0 Å². The van der Waals surface area contributed by atoms with Gasteiger partial charge in [0.2, 0.25) is 0 Å². The second kappa shape index (κ2) is 10.9. The van der Waals surface area contributed by atoms with Crippen LogP contribution < -0.4 is 0 Å². The highest BCUT2D eigenvalue weighted by Crippen LogP contribution is 2.47. The van der Waals surface area contributed by atoms with Crippen molar-refractivity contribution in [2.24, 2.45) is 11.3 Å². The van der Waals surface area contributed by atoms with E-state index in [1.54, 1.807) is 6.08 Å². The molecule has 9 heteroatoms. The van der Waals surface area contributed by atoms with Crippen LogP contribution in [0.2, 0.25) is 0 Å². The van der Waals surface area contributed by atoms with E-state index >= 15 is 0 Å². The van der Waals surface area contributed by atoms with Gasteiger partial charge < -0.3 is 27.2 Å². The lowest BCUT2D eigenvalue weighted by molar-refractivity contribution is -0.169. The van der Waals surface area contributed by atoms with Gasteiger partial charge in [0.05, 0.1) is 20.3 Å². The monoisotopic (exact) mass is 404 g/mol. The molecular weight excluding hydrogens is 372 g/mol. The molecule has 0 N–H and O–H groups in total. The minimum absolute atomic E-state index is 0.104. The van der Waals surface area contributed by atoms with Crippen molar-refractivity contribution >= 4 is 21.0 Å². The summed E-state index contributed by atoms with van der Waals surface area (Å²) < 4.78 is 33.3. The quantitative estimate of drug-likeness (QED) is 0.212. The number of allylic oxidation sites excluding steroid dienone is 1. The van der Waals surface area contributed by atoms with Crippen LogP contribution in [-0.4, -0.2) is 61.1 Å². The van der Waals surface area contributed by atoms with Crippen molar-refractivity contribution in [3.63, 3.8) is 0 Å². The molecule has 2 atom stereocenters. The lowest BCUT2D eigenvalue weighted by Crippen LogP contribution is -2.52. The number of ether oxygens (including phenoxy) is 2. The number of carbonyl (C=O) groups excluding carboxylic acids is 2. The Morgan fingerprint density at radius 3 is 1.85 bits per heavy atom. The highest BCUT2D eigenvalue weighted by atomic mass is 28.4. The zero-order valence-corrected chi connectivity index (χ0v) is 17.9. The molecule has 1 saturated carbocycles. The van der Waals surface area contributed by atoms with Gasteiger partial charge in [-0.25, -0.2) is 0 Å². The van der Waals surface area contributed by atoms with Crippen molar-refractivity contribution in [2.75, 3.05) is 34.0 Å². The first-order chi connectivity index (χ1) is 12.9. The average Bonchev–Trinajstić information content (AvgIpc) is 3.00. The van der Waals surface area contributed by atoms with E-state index in [1.807, 2.05) is 20.8 Å². The molecule has 156 valence electrons. The van der Waals surface area contributed by atoms with Gasteiger partial charge in [-0.1, -0.05) is 6.08 Å². The molecule has 0 heterocycles. The Morgan fingerprint density at radius 1 is 1.00 bits per heavy atom. The summed E-state index contributed by atoms with van der Waals surface area (Å²) in [5.74, 6) is -1.43. The van der Waals surface area contributed by atoms with Gasteiger partial charge in [-0.2, -0.15) is 0 Å². The van der Waals surface area contributed by atoms with Crippen molar-refractivity contribution in [1.29, 1.82) is 0 Å². The van der Waals surface area contributed by atoms with E-state index in [4.69, 9.17) is 27.2 Å². The third kappa shape index (κ3) is 5.38. The maximum atomic E-state index is 12.5. The Balaban J connectivity index is 3.23. The maximum Gasteiger partial charge on any atom is 0.679 e. The Labute approximate surface area is 162 Å². The molecule has 0 aromatic carbocycles. The van der Waals surface area contributed by atoms with E-state index < -0.39 is 32.5 Å². The summed E-state index contributed by atoms with van der Waals surface area (Å²) in [5, 5.41) is 0. The maximum absolute atomic E-state index is 12.5. The molecule has 0 amide bonds. The van der Waals surface area contributed by atoms with E-state index in [1.165, 1.54) is 14.2 Å². The highest BCUT2D eigenvalue weighted by molar-refractivity contribution is 6.53. The molecule has 1 aliphatic rings. The largest absolute Gasteiger partial charge is 0.679 e. The van der Waals surface area contributed by atoms with Crippen LogP contribution in [0.4, 0.5) is 0 Å². The summed E-state index contributed by atoms with van der Waals surface area (Å²) in [6.45, 7) is 10.3. The lowest BCUT2D eigenvalue weighted by Gasteiger charge is -2.31. The van der Waals surface area contributed by atoms with Gasteiger partial charge in [-0.05, 0) is 46.0 Å². The van der Waals surface area contributed by atoms with Crippen LogP contribution in [0.25, 0.3) is 0 Å². The third-order valence-electron chi connectivity index (χ3n) is 4.57. The van der Waals surface area contributed by atoms with E-state index in [-0.39, 0.29) is 18.8 Å². The SMILES string of the molecule is C=CC[C@@H]1CC(C(=O)OC)(C(=O)OC)C[C@@H]1O[Si](OCC)(OCC)OCC. The first-order valence-electron chi connectivity index (χ1n) is 9.25. The normalized spacial score (nSPS) is 21.7. The molecule has 0 unspecified atom stereocenters. The zero-order valence-electron chi connectivity index (χ0n) is 16.9. The first kappa shape index (κ1) is 23.8. The Kier molecular flexibility index (Phi) is 9.61. The van der Waals surface area contributed by atoms with Crippen LogP contribution in [0, 0.1) is 11.3 Å². The topological polar surface area (TPSA) is 89.5 Å². The number of esters is 2. The Hall–Kier alpha value is -1.26. The van der Waals surface area contributed by atoms with Gasteiger partial charge in [-0.15, -0.1) is 6.58 Å². The molecule has 1 fully saturated rings. The van der Waals surface area contributed by atoms with Gasteiger partial charge in [0.1, 0.15) is 0 Å². The summed E-state index contributed by atoms with van der Waals surface area (Å²) >= 11 is 0. The number of hydrogen-bond acceptors (Lipinski definition) is 8. The van der Waals surface area contributed by atoms with Gasteiger partial charge in [0.15, 0.2) is 5.41 Å². The van der Waals surface area contributed by atoms with Crippen LogP contribution in [0.1, 0.15) is 40.0 Å². The average molecular weight is 405 g/mol. The molecule has 0 saturated heterocycles. The van der Waals surface area contributed by atoms with Crippen LogP contribution in [0.15, 0.2) is 12.7 Å². The fraction of sp³-hybridized carbons (Fsp3) is 0.778. The molecule has 8 nitrogen and oxygen atoms in total. The molecule has 1 aliphatic carbocycles. The van der Waals surface area contributed by atoms with E-state index in [9.17, 15) is 9.59 Å². The number of hydrogen-bond donors (Lipinski definition) is 0. The van der Waals surface area contributed by atoms with Crippen LogP contribution >= 0.6 is 0 Å². The van der Waals surface area contributed by atoms with E-state index in [2.05, 4.69) is 6.58 Å². The fourth-order valence-electron chi connectivity index (χ4n) is 3.51. The van der Waals surface area contributed by atoms with E-state index in [0.717, 1.165) is 0 Å². The minimum atomic E-state index is -3.42. The molecule has 0 aromatic rings. The smallest absolute Gasteiger partial charge is 0.468 e. The first-order valence-corrected chi connectivity index (χ1v) is 10.9. The lowest BCUT2D eigenvalue weighted by atomic mass is 9.85. The standard InChI is InChI=1S/C18H32O8Si/c1-7-11-14-12-18(16(19)21-5,17(20)22-6)13-15(14)26-27(23-8-2,24-9-3)25-10-4/h7,14-15H,1,8-13H2,2-6H3/t14-,15+/m1/s1. The molecule has 27 heavy (non-hydrogen) atoms. The number of methoxy groups -OCH3 is 2. The Bertz CT molecular complexity index is 477. The van der Waals surface area contributed by atoms with Crippen LogP contribution in [-0.2, 0) is 36.8 Å². The summed E-state index contributed by atoms with van der Waals surface area (Å²) in [6.07, 6.45) is 2.12. The van der Waals surface area contributed by atoms with Crippen molar-refractivity contribution < 1.29 is 36.8 Å². The van der Waals surface area contributed by atoms with Crippen LogP contribution in [0.5, 0.6) is 0 Å². The predicted octanol–water partition coefficient (Wildman–Crippen LogP) is 2.24. The highest BCUT2D eigenvalue weighted by Gasteiger charge is 2.60. The van der Waals surface area contributed by atoms with Gasteiger partial charge in [0, 0.05) is 19.8 Å².